The summed E-state index contributed by atoms with van der Waals surface area (Å²) in [6, 6.07) is 14.8. The number of benzene rings is 3. The van der Waals surface area contributed by atoms with Gasteiger partial charge in [0.25, 0.3) is 0 Å². The second-order valence-electron chi connectivity index (χ2n) is 8.38. The molecule has 1 fully saturated rings. The molecule has 2 heterocycles. The van der Waals surface area contributed by atoms with Gasteiger partial charge in [0.15, 0.2) is 5.82 Å². The number of aromatic hydroxyl groups is 1. The molecule has 1 aliphatic rings. The Hall–Kier alpha value is -3.68. The molecule has 6 nitrogen and oxygen atoms in total. The molecule has 0 bridgehead atoms. The molecule has 1 aliphatic heterocycles. The van der Waals surface area contributed by atoms with E-state index in [1.54, 1.807) is 23.1 Å². The first-order valence-electron chi connectivity index (χ1n) is 11.3. The van der Waals surface area contributed by atoms with Gasteiger partial charge in [0.1, 0.15) is 17.3 Å². The van der Waals surface area contributed by atoms with Gasteiger partial charge in [-0.05, 0) is 36.4 Å². The summed E-state index contributed by atoms with van der Waals surface area (Å²) in [6.07, 6.45) is 1.31. The summed E-state index contributed by atoms with van der Waals surface area (Å²) in [7, 11) is 0. The predicted octanol–water partition coefficient (Wildman–Crippen LogP) is 5.95. The Kier molecular flexibility index (Phi) is 6.51. The summed E-state index contributed by atoms with van der Waals surface area (Å²) in [6.45, 7) is 5.66. The molecule has 1 N–H and O–H groups in total. The van der Waals surface area contributed by atoms with Crippen LogP contribution in [-0.4, -0.2) is 52.3 Å². The summed E-state index contributed by atoms with van der Waals surface area (Å²) in [5.74, 6) is -0.337. The van der Waals surface area contributed by atoms with Crippen LogP contribution >= 0.6 is 23.2 Å². The monoisotopic (exact) mass is 522 g/mol. The number of carbonyl (C=O) groups excluding carboxylic acids is 1. The fourth-order valence-electron chi connectivity index (χ4n) is 4.48. The highest BCUT2D eigenvalue weighted by molar-refractivity contribution is 6.35. The molecule has 0 atom stereocenters. The molecule has 1 saturated heterocycles. The van der Waals surface area contributed by atoms with Crippen LogP contribution in [0.4, 0.5) is 10.2 Å². The maximum Gasteiger partial charge on any atom is 0.246 e. The van der Waals surface area contributed by atoms with Crippen molar-refractivity contribution in [3.05, 3.63) is 83.1 Å². The maximum atomic E-state index is 14.8. The van der Waals surface area contributed by atoms with E-state index in [1.807, 2.05) is 23.1 Å². The number of fused-ring (bicyclic) bond motifs is 1. The largest absolute Gasteiger partial charge is 0.507 e. The van der Waals surface area contributed by atoms with E-state index >= 15 is 0 Å². The van der Waals surface area contributed by atoms with Crippen molar-refractivity contribution in [1.82, 2.24) is 15.1 Å². The van der Waals surface area contributed by atoms with E-state index in [4.69, 9.17) is 23.2 Å². The minimum atomic E-state index is -0.596. The van der Waals surface area contributed by atoms with Crippen molar-refractivity contribution in [1.29, 1.82) is 0 Å². The van der Waals surface area contributed by atoms with E-state index in [1.165, 1.54) is 24.3 Å². The minimum absolute atomic E-state index is 0.00410. The number of halogens is 3. The number of carbonyl (C=O) groups is 1. The van der Waals surface area contributed by atoms with Gasteiger partial charge < -0.3 is 14.9 Å². The van der Waals surface area contributed by atoms with Gasteiger partial charge in [0, 0.05) is 53.1 Å². The third-order valence-corrected chi connectivity index (χ3v) is 6.95. The van der Waals surface area contributed by atoms with Gasteiger partial charge in [0.05, 0.1) is 10.6 Å². The van der Waals surface area contributed by atoms with E-state index in [2.05, 4.69) is 16.8 Å². The third kappa shape index (κ3) is 4.25. The summed E-state index contributed by atoms with van der Waals surface area (Å²) in [5, 5.41) is 21.6. The van der Waals surface area contributed by atoms with Crippen molar-refractivity contribution in [3.8, 4) is 28.1 Å². The summed E-state index contributed by atoms with van der Waals surface area (Å²) in [5.41, 5.74) is 1.50. The van der Waals surface area contributed by atoms with E-state index < -0.39 is 5.82 Å². The lowest BCUT2D eigenvalue weighted by Crippen LogP contribution is -2.48. The van der Waals surface area contributed by atoms with Gasteiger partial charge in [-0.15, -0.1) is 10.2 Å². The summed E-state index contributed by atoms with van der Waals surface area (Å²) < 4.78 is 14.8. The molecule has 9 heteroatoms. The van der Waals surface area contributed by atoms with Crippen LogP contribution in [0.3, 0.4) is 0 Å². The molecule has 0 aliphatic carbocycles. The van der Waals surface area contributed by atoms with Gasteiger partial charge in [-0.2, -0.15) is 0 Å². The molecule has 1 amide bonds. The van der Waals surface area contributed by atoms with Crippen molar-refractivity contribution in [2.45, 2.75) is 0 Å². The molecule has 0 spiro atoms. The lowest BCUT2D eigenvalue weighted by Gasteiger charge is -2.35. The zero-order valence-corrected chi connectivity index (χ0v) is 20.6. The number of hydrogen-bond donors (Lipinski definition) is 1. The quantitative estimate of drug-likeness (QED) is 0.335. The minimum Gasteiger partial charge on any atom is -0.507 e. The Morgan fingerprint density at radius 3 is 2.39 bits per heavy atom. The SMILES string of the molecule is C=CC(=O)N1CCN(c2nnc(-c3ccccc3Cl)c3cc(-c4c(O)cccc4F)c(Cl)cc23)CC1. The predicted molar refractivity (Wildman–Crippen MR) is 141 cm³/mol. The molecule has 4 aromatic rings. The normalized spacial score (nSPS) is 13.8. The molecule has 0 saturated carbocycles. The highest BCUT2D eigenvalue weighted by Gasteiger charge is 2.25. The number of rotatable bonds is 4. The topological polar surface area (TPSA) is 69.6 Å². The molecular weight excluding hydrogens is 502 g/mol. The average Bonchev–Trinajstić information content (AvgIpc) is 2.88. The van der Waals surface area contributed by atoms with Crippen LogP contribution in [0.1, 0.15) is 0 Å². The first kappa shape index (κ1) is 24.0. The Bertz CT molecular complexity index is 1480. The fraction of sp³-hybridized carbons (Fsp3) is 0.148. The lowest BCUT2D eigenvalue weighted by atomic mass is 9.97. The zero-order chi connectivity index (χ0) is 25.4. The number of anilines is 1. The highest BCUT2D eigenvalue weighted by atomic mass is 35.5. The number of amides is 1. The maximum absolute atomic E-state index is 14.8. The number of nitrogens with zero attached hydrogens (tertiary/aromatic N) is 4. The van der Waals surface area contributed by atoms with Crippen LogP contribution in [-0.2, 0) is 4.79 Å². The van der Waals surface area contributed by atoms with Gasteiger partial charge in [-0.25, -0.2) is 4.39 Å². The van der Waals surface area contributed by atoms with Crippen LogP contribution in [0.2, 0.25) is 10.0 Å². The Balaban J connectivity index is 1.70. The number of phenolic OH excluding ortho intramolecular Hbond substituents is 1. The van der Waals surface area contributed by atoms with E-state index in [0.717, 1.165) is 0 Å². The molecule has 0 radical (unpaired) electrons. The van der Waals surface area contributed by atoms with Gasteiger partial charge >= 0.3 is 0 Å². The first-order chi connectivity index (χ1) is 17.4. The van der Waals surface area contributed by atoms with Gasteiger partial charge in [-0.3, -0.25) is 4.79 Å². The molecule has 1 aromatic heterocycles. The second kappa shape index (κ2) is 9.76. The van der Waals surface area contributed by atoms with Crippen LogP contribution in [0.25, 0.3) is 33.2 Å². The van der Waals surface area contributed by atoms with Crippen molar-refractivity contribution >= 4 is 45.7 Å². The number of phenols is 1. The highest BCUT2D eigenvalue weighted by Crippen LogP contribution is 2.43. The van der Waals surface area contributed by atoms with Crippen molar-refractivity contribution in [2.75, 3.05) is 31.1 Å². The van der Waals surface area contributed by atoms with Crippen molar-refractivity contribution in [3.63, 3.8) is 0 Å². The first-order valence-corrected chi connectivity index (χ1v) is 12.0. The smallest absolute Gasteiger partial charge is 0.246 e. The Morgan fingerprint density at radius 2 is 1.69 bits per heavy atom. The molecule has 3 aromatic carbocycles. The van der Waals surface area contributed by atoms with Crippen LogP contribution in [0.5, 0.6) is 5.75 Å². The Morgan fingerprint density at radius 1 is 0.944 bits per heavy atom. The van der Waals surface area contributed by atoms with E-state index in [0.29, 0.717) is 64.6 Å². The summed E-state index contributed by atoms with van der Waals surface area (Å²) >= 11 is 13.2. The van der Waals surface area contributed by atoms with Gasteiger partial charge in [-0.1, -0.05) is 54.0 Å². The van der Waals surface area contributed by atoms with Crippen LogP contribution < -0.4 is 4.90 Å². The standard InChI is InChI=1S/C27H21Cl2FN4O2/c1-2-24(36)33-10-12-34(13-11-33)27-18-15-21(29)19(25-22(30)8-5-9-23(25)35)14-17(18)26(31-32-27)16-6-3-4-7-20(16)28/h2-9,14-15,35H,1,10-13H2. The van der Waals surface area contributed by atoms with E-state index in [-0.39, 0.29) is 22.2 Å². The summed E-state index contributed by atoms with van der Waals surface area (Å²) in [4.78, 5) is 15.8. The molecule has 182 valence electrons. The lowest BCUT2D eigenvalue weighted by molar-refractivity contribution is -0.126. The Labute approximate surface area is 217 Å². The number of piperazine rings is 1. The average molecular weight is 523 g/mol. The second-order valence-corrected chi connectivity index (χ2v) is 9.19. The number of hydrogen-bond acceptors (Lipinski definition) is 5. The third-order valence-electron chi connectivity index (χ3n) is 6.30. The molecule has 36 heavy (non-hydrogen) atoms. The number of aromatic nitrogens is 2. The zero-order valence-electron chi connectivity index (χ0n) is 19.1. The van der Waals surface area contributed by atoms with Crippen molar-refractivity contribution in [2.24, 2.45) is 0 Å². The fourth-order valence-corrected chi connectivity index (χ4v) is 4.97. The molecule has 5 rings (SSSR count). The van der Waals surface area contributed by atoms with E-state index in [9.17, 15) is 14.3 Å². The molecular formula is C27H21Cl2FN4O2. The molecule has 0 unspecified atom stereocenters. The van der Waals surface area contributed by atoms with Gasteiger partial charge in [0.2, 0.25) is 5.91 Å². The van der Waals surface area contributed by atoms with Crippen molar-refractivity contribution < 1.29 is 14.3 Å². The van der Waals surface area contributed by atoms with Crippen LogP contribution in [0.15, 0.2) is 67.3 Å². The van der Waals surface area contributed by atoms with Crippen LogP contribution in [0, 0.1) is 5.82 Å².